The minimum Gasteiger partial charge on any atom is -0.444 e. The second-order valence-electron chi connectivity index (χ2n) is 5.40. The fraction of sp³-hybridized carbons (Fsp3) is 0.357. The molecule has 0 saturated carbocycles. The maximum Gasteiger partial charge on any atom is 0.412 e. The number of nitrogens with one attached hydrogen (secondary N) is 1. The first-order chi connectivity index (χ1) is 9.35. The second-order valence-corrected chi connectivity index (χ2v) is 5.40. The lowest BCUT2D eigenvalue weighted by Crippen LogP contribution is -2.27. The molecule has 0 atom stereocenters. The summed E-state index contributed by atoms with van der Waals surface area (Å²) < 4.78 is 10.4. The molecule has 0 aliphatic rings. The second kappa shape index (κ2) is 5.32. The molecule has 0 fully saturated rings. The fourth-order valence-corrected chi connectivity index (χ4v) is 1.60. The number of rotatable bonds is 2. The standard InChI is InChI=1S/C14H17N3O3/c1-9-5-6-10(12-17-15-8-19-12)7-11(9)16-13(18)20-14(2,3)4/h5-8H,1-4H3,(H,16,18). The Bertz CT molecular complexity index is 601. The van der Waals surface area contributed by atoms with Gasteiger partial charge in [-0.1, -0.05) is 6.07 Å². The molecule has 0 radical (unpaired) electrons. The number of benzene rings is 1. The van der Waals surface area contributed by atoms with Crippen molar-refractivity contribution in [3.63, 3.8) is 0 Å². The van der Waals surface area contributed by atoms with E-state index in [2.05, 4.69) is 15.5 Å². The molecule has 0 aliphatic carbocycles. The van der Waals surface area contributed by atoms with Gasteiger partial charge in [0.15, 0.2) is 0 Å². The van der Waals surface area contributed by atoms with Gasteiger partial charge < -0.3 is 9.15 Å². The van der Waals surface area contributed by atoms with Gasteiger partial charge in [-0.15, -0.1) is 10.2 Å². The van der Waals surface area contributed by atoms with Crippen molar-refractivity contribution < 1.29 is 13.9 Å². The number of carbonyl (C=O) groups excluding carboxylic acids is 1. The quantitative estimate of drug-likeness (QED) is 0.908. The smallest absolute Gasteiger partial charge is 0.412 e. The van der Waals surface area contributed by atoms with Crippen molar-refractivity contribution in [2.45, 2.75) is 33.3 Å². The molecule has 1 aromatic heterocycles. The molecule has 0 unspecified atom stereocenters. The van der Waals surface area contributed by atoms with Crippen LogP contribution in [0.15, 0.2) is 29.0 Å². The van der Waals surface area contributed by atoms with Gasteiger partial charge in [0.2, 0.25) is 12.3 Å². The van der Waals surface area contributed by atoms with Crippen molar-refractivity contribution in [3.8, 4) is 11.5 Å². The Morgan fingerprint density at radius 1 is 1.35 bits per heavy atom. The van der Waals surface area contributed by atoms with Crippen LogP contribution in [0.25, 0.3) is 11.5 Å². The minimum absolute atomic E-state index is 0.400. The third-order valence-corrected chi connectivity index (χ3v) is 2.48. The molecule has 0 aliphatic heterocycles. The number of carbonyl (C=O) groups is 1. The van der Waals surface area contributed by atoms with E-state index in [0.717, 1.165) is 11.1 Å². The van der Waals surface area contributed by atoms with Crippen molar-refractivity contribution in [2.75, 3.05) is 5.32 Å². The number of amides is 1. The molecule has 2 rings (SSSR count). The highest BCUT2D eigenvalue weighted by molar-refractivity contribution is 5.87. The van der Waals surface area contributed by atoms with Gasteiger partial charge in [-0.25, -0.2) is 4.79 Å². The van der Waals surface area contributed by atoms with E-state index in [9.17, 15) is 4.79 Å². The van der Waals surface area contributed by atoms with Crippen LogP contribution >= 0.6 is 0 Å². The van der Waals surface area contributed by atoms with Crippen LogP contribution in [0.3, 0.4) is 0 Å². The summed E-state index contributed by atoms with van der Waals surface area (Å²) in [6.45, 7) is 7.33. The molecular weight excluding hydrogens is 258 g/mol. The summed E-state index contributed by atoms with van der Waals surface area (Å²) in [4.78, 5) is 11.8. The van der Waals surface area contributed by atoms with Crippen LogP contribution in [0.5, 0.6) is 0 Å². The number of hydrogen-bond acceptors (Lipinski definition) is 5. The SMILES string of the molecule is Cc1ccc(-c2nnco2)cc1NC(=O)OC(C)(C)C. The van der Waals surface area contributed by atoms with Crippen LogP contribution < -0.4 is 5.32 Å². The Kier molecular flexibility index (Phi) is 3.74. The number of aromatic nitrogens is 2. The van der Waals surface area contributed by atoms with Gasteiger partial charge in [-0.3, -0.25) is 5.32 Å². The van der Waals surface area contributed by atoms with Gasteiger partial charge in [0.1, 0.15) is 5.60 Å². The van der Waals surface area contributed by atoms with Crippen molar-refractivity contribution in [3.05, 3.63) is 30.2 Å². The van der Waals surface area contributed by atoms with Gasteiger partial charge in [-0.05, 0) is 45.4 Å². The summed E-state index contributed by atoms with van der Waals surface area (Å²) in [6, 6.07) is 5.49. The third-order valence-electron chi connectivity index (χ3n) is 2.48. The van der Waals surface area contributed by atoms with Crippen LogP contribution in [-0.2, 0) is 4.74 Å². The lowest BCUT2D eigenvalue weighted by molar-refractivity contribution is 0.0636. The van der Waals surface area contributed by atoms with Gasteiger partial charge in [-0.2, -0.15) is 0 Å². The topological polar surface area (TPSA) is 77.3 Å². The Morgan fingerprint density at radius 2 is 2.10 bits per heavy atom. The third kappa shape index (κ3) is 3.57. The number of aryl methyl sites for hydroxylation is 1. The Hall–Kier alpha value is -2.37. The average Bonchev–Trinajstić information content (AvgIpc) is 2.83. The molecular formula is C14H17N3O3. The van der Waals surface area contributed by atoms with E-state index in [-0.39, 0.29) is 0 Å². The number of hydrogen-bond donors (Lipinski definition) is 1. The van der Waals surface area contributed by atoms with Crippen LogP contribution in [0, 0.1) is 6.92 Å². The predicted octanol–water partition coefficient (Wildman–Crippen LogP) is 3.39. The Balaban J connectivity index is 2.19. The number of ether oxygens (including phenoxy) is 1. The summed E-state index contributed by atoms with van der Waals surface area (Å²) in [5.41, 5.74) is 1.76. The zero-order valence-corrected chi connectivity index (χ0v) is 11.9. The van der Waals surface area contributed by atoms with Gasteiger partial charge in [0.25, 0.3) is 0 Å². The van der Waals surface area contributed by atoms with E-state index in [1.807, 2.05) is 39.8 Å². The van der Waals surface area contributed by atoms with Crippen molar-refractivity contribution in [1.29, 1.82) is 0 Å². The Morgan fingerprint density at radius 3 is 2.70 bits per heavy atom. The highest BCUT2D eigenvalue weighted by atomic mass is 16.6. The molecule has 1 N–H and O–H groups in total. The molecule has 1 aromatic carbocycles. The first-order valence-corrected chi connectivity index (χ1v) is 6.22. The zero-order chi connectivity index (χ0) is 14.8. The van der Waals surface area contributed by atoms with Crippen molar-refractivity contribution in [1.82, 2.24) is 10.2 Å². The van der Waals surface area contributed by atoms with Crippen molar-refractivity contribution in [2.24, 2.45) is 0 Å². The van der Waals surface area contributed by atoms with Gasteiger partial charge >= 0.3 is 6.09 Å². The average molecular weight is 275 g/mol. The number of anilines is 1. The molecule has 6 nitrogen and oxygen atoms in total. The van der Waals surface area contributed by atoms with E-state index < -0.39 is 11.7 Å². The van der Waals surface area contributed by atoms with Crippen LogP contribution in [0.4, 0.5) is 10.5 Å². The van der Waals surface area contributed by atoms with E-state index in [4.69, 9.17) is 9.15 Å². The molecule has 0 bridgehead atoms. The predicted molar refractivity (Wildman–Crippen MR) is 74.3 cm³/mol. The summed E-state index contributed by atoms with van der Waals surface area (Å²) in [5.74, 6) is 0.400. The summed E-state index contributed by atoms with van der Waals surface area (Å²) in [6.07, 6.45) is 0.763. The highest BCUT2D eigenvalue weighted by Crippen LogP contribution is 2.24. The highest BCUT2D eigenvalue weighted by Gasteiger charge is 2.17. The molecule has 1 heterocycles. The maximum atomic E-state index is 11.8. The lowest BCUT2D eigenvalue weighted by Gasteiger charge is -2.20. The summed E-state index contributed by atoms with van der Waals surface area (Å²) in [7, 11) is 0. The van der Waals surface area contributed by atoms with Gasteiger partial charge in [0.05, 0.1) is 0 Å². The molecule has 106 valence electrons. The first-order valence-electron chi connectivity index (χ1n) is 6.22. The van der Waals surface area contributed by atoms with E-state index >= 15 is 0 Å². The monoisotopic (exact) mass is 275 g/mol. The van der Waals surface area contributed by atoms with Gasteiger partial charge in [0, 0.05) is 11.3 Å². The lowest BCUT2D eigenvalue weighted by atomic mass is 10.1. The maximum absolute atomic E-state index is 11.8. The van der Waals surface area contributed by atoms with Crippen LogP contribution in [0.1, 0.15) is 26.3 Å². The van der Waals surface area contributed by atoms with E-state index in [1.165, 1.54) is 6.39 Å². The normalized spacial score (nSPS) is 11.2. The van der Waals surface area contributed by atoms with Crippen LogP contribution in [0.2, 0.25) is 0 Å². The first kappa shape index (κ1) is 14.0. The summed E-state index contributed by atoms with van der Waals surface area (Å²) in [5, 5.41) is 10.2. The van der Waals surface area contributed by atoms with Crippen LogP contribution in [-0.4, -0.2) is 21.9 Å². The molecule has 0 spiro atoms. The molecule has 6 heteroatoms. The molecule has 20 heavy (non-hydrogen) atoms. The summed E-state index contributed by atoms with van der Waals surface area (Å²) >= 11 is 0. The zero-order valence-electron chi connectivity index (χ0n) is 11.9. The van der Waals surface area contributed by atoms with E-state index in [1.54, 1.807) is 6.07 Å². The Labute approximate surface area is 117 Å². The van der Waals surface area contributed by atoms with Crippen molar-refractivity contribution >= 4 is 11.8 Å². The largest absolute Gasteiger partial charge is 0.444 e. The minimum atomic E-state index is -0.540. The fourth-order valence-electron chi connectivity index (χ4n) is 1.60. The molecule has 0 saturated heterocycles. The van der Waals surface area contributed by atoms with E-state index in [0.29, 0.717) is 11.6 Å². The number of nitrogens with zero attached hydrogens (tertiary/aromatic N) is 2. The molecule has 2 aromatic rings. The molecule has 1 amide bonds.